The molecule has 1 aromatic heterocycles. The van der Waals surface area contributed by atoms with E-state index in [9.17, 15) is 0 Å². The van der Waals surface area contributed by atoms with Crippen LogP contribution < -0.4 is 0 Å². The first kappa shape index (κ1) is 16.5. The van der Waals surface area contributed by atoms with E-state index in [4.69, 9.17) is 0 Å². The summed E-state index contributed by atoms with van der Waals surface area (Å²) < 4.78 is 1.37. The Balaban J connectivity index is 2.04. The molecule has 0 radical (unpaired) electrons. The number of fused-ring (bicyclic) bond motifs is 4. The van der Waals surface area contributed by atoms with Crippen LogP contribution in [0.1, 0.15) is 30.9 Å². The van der Waals surface area contributed by atoms with E-state index in [1.165, 1.54) is 53.2 Å². The molecule has 5 rings (SSSR count). The molecule has 27 heavy (non-hydrogen) atoms. The van der Waals surface area contributed by atoms with E-state index in [0.717, 1.165) is 0 Å². The van der Waals surface area contributed by atoms with E-state index < -0.39 is 0 Å². The summed E-state index contributed by atoms with van der Waals surface area (Å²) in [6.45, 7) is 6.92. The van der Waals surface area contributed by atoms with Crippen LogP contribution in [0.5, 0.6) is 0 Å². The third-order valence-corrected chi connectivity index (χ3v) is 6.91. The minimum absolute atomic E-state index is 0.458. The fraction of sp³-hybridized carbons (Fsp3) is 0.154. The molecule has 0 saturated carbocycles. The summed E-state index contributed by atoms with van der Waals surface area (Å²) in [6, 6.07) is 26.6. The molecule has 0 unspecified atom stereocenters. The maximum atomic E-state index is 2.32. The topological polar surface area (TPSA) is 0 Å². The number of rotatable bonds is 2. The molecule has 132 valence electrons. The van der Waals surface area contributed by atoms with Gasteiger partial charge in [0.2, 0.25) is 0 Å². The third-order valence-electron chi connectivity index (χ3n) is 5.62. The van der Waals surface area contributed by atoms with Crippen LogP contribution in [0.4, 0.5) is 0 Å². The van der Waals surface area contributed by atoms with Gasteiger partial charge in [0, 0.05) is 15.1 Å². The summed E-state index contributed by atoms with van der Waals surface area (Å²) in [5.74, 6) is 0.458. The highest BCUT2D eigenvalue weighted by Gasteiger charge is 2.21. The van der Waals surface area contributed by atoms with Crippen molar-refractivity contribution in [3.05, 3.63) is 83.9 Å². The van der Waals surface area contributed by atoms with Crippen molar-refractivity contribution in [2.45, 2.75) is 26.7 Å². The summed E-state index contributed by atoms with van der Waals surface area (Å²) in [7, 11) is 0. The smallest absolute Gasteiger partial charge is 0.0393 e. The molecule has 0 atom stereocenters. The lowest BCUT2D eigenvalue weighted by atomic mass is 9.85. The molecule has 0 spiro atoms. The van der Waals surface area contributed by atoms with Crippen molar-refractivity contribution in [1.82, 2.24) is 0 Å². The van der Waals surface area contributed by atoms with E-state index in [1.54, 1.807) is 0 Å². The molecule has 1 heteroatoms. The van der Waals surface area contributed by atoms with Crippen molar-refractivity contribution >= 4 is 43.0 Å². The number of aryl methyl sites for hydroxylation is 1. The van der Waals surface area contributed by atoms with Crippen molar-refractivity contribution < 1.29 is 0 Å². The van der Waals surface area contributed by atoms with Gasteiger partial charge in [0.05, 0.1) is 0 Å². The van der Waals surface area contributed by atoms with Gasteiger partial charge in [0.1, 0.15) is 0 Å². The van der Waals surface area contributed by atoms with Crippen LogP contribution in [0.15, 0.2) is 72.8 Å². The van der Waals surface area contributed by atoms with Crippen LogP contribution in [0.3, 0.4) is 0 Å². The fourth-order valence-electron chi connectivity index (χ4n) is 4.43. The molecule has 0 aliphatic carbocycles. The molecule has 0 fully saturated rings. The van der Waals surface area contributed by atoms with Gasteiger partial charge >= 0.3 is 0 Å². The van der Waals surface area contributed by atoms with Crippen molar-refractivity contribution in [2.24, 2.45) is 0 Å². The maximum absolute atomic E-state index is 2.32. The fourth-order valence-corrected chi connectivity index (χ4v) is 5.71. The highest BCUT2D eigenvalue weighted by Crippen LogP contribution is 2.47. The third kappa shape index (κ3) is 2.42. The van der Waals surface area contributed by atoms with Crippen molar-refractivity contribution in [3.63, 3.8) is 0 Å². The lowest BCUT2D eigenvalue weighted by molar-refractivity contribution is 0.880. The lowest BCUT2D eigenvalue weighted by Crippen LogP contribution is -1.96. The Hall–Kier alpha value is -2.64. The monoisotopic (exact) mass is 366 g/mol. The second-order valence-electron chi connectivity index (χ2n) is 7.59. The molecule has 0 aliphatic heterocycles. The first-order chi connectivity index (χ1) is 13.2. The summed E-state index contributed by atoms with van der Waals surface area (Å²) in [6.07, 6.45) is 0. The molecule has 1 heterocycles. The van der Waals surface area contributed by atoms with E-state index in [1.807, 2.05) is 11.3 Å². The lowest BCUT2D eigenvalue weighted by Gasteiger charge is -2.20. The predicted octanol–water partition coefficient (Wildman–Crippen LogP) is 8.31. The first-order valence-electron chi connectivity index (χ1n) is 9.58. The minimum atomic E-state index is 0.458. The molecule has 4 aromatic carbocycles. The summed E-state index contributed by atoms with van der Waals surface area (Å²) in [5, 5.41) is 6.85. The van der Waals surface area contributed by atoms with Gasteiger partial charge in [0.15, 0.2) is 0 Å². The van der Waals surface area contributed by atoms with Crippen LogP contribution in [0.2, 0.25) is 0 Å². The van der Waals surface area contributed by atoms with Crippen LogP contribution in [-0.2, 0) is 0 Å². The first-order valence-corrected chi connectivity index (χ1v) is 10.4. The largest absolute Gasteiger partial charge is 0.135 e. The average Bonchev–Trinajstić information content (AvgIpc) is 3.03. The van der Waals surface area contributed by atoms with Gasteiger partial charge in [-0.3, -0.25) is 0 Å². The zero-order valence-corrected chi connectivity index (χ0v) is 16.7. The molecule has 5 aromatic rings. The van der Waals surface area contributed by atoms with Gasteiger partial charge in [-0.05, 0) is 57.0 Å². The quantitative estimate of drug-likeness (QED) is 0.276. The SMILES string of the molecule is Cc1c(-c2c(C(C)C)c3ccccc3c3ccccc23)sc2ccccc12. The molecule has 0 bridgehead atoms. The van der Waals surface area contributed by atoms with Gasteiger partial charge < -0.3 is 0 Å². The van der Waals surface area contributed by atoms with Crippen LogP contribution in [0, 0.1) is 6.92 Å². The molecule has 0 N–H and O–H groups in total. The zero-order valence-electron chi connectivity index (χ0n) is 15.9. The predicted molar refractivity (Wildman–Crippen MR) is 121 cm³/mol. The Kier molecular flexibility index (Phi) is 3.80. The highest BCUT2D eigenvalue weighted by molar-refractivity contribution is 7.22. The standard InChI is InChI=1S/C26H22S/c1-16(2)24-21-13-6-4-11-19(21)20-12-5-7-14-22(20)25(24)26-17(3)18-10-8-9-15-23(18)27-26/h4-16H,1-3H3. The van der Waals surface area contributed by atoms with Gasteiger partial charge in [0.25, 0.3) is 0 Å². The maximum Gasteiger partial charge on any atom is 0.0393 e. The Morgan fingerprint density at radius 2 is 1.15 bits per heavy atom. The minimum Gasteiger partial charge on any atom is -0.135 e. The van der Waals surface area contributed by atoms with Gasteiger partial charge in [-0.15, -0.1) is 11.3 Å². The second-order valence-corrected chi connectivity index (χ2v) is 8.64. The summed E-state index contributed by atoms with van der Waals surface area (Å²) >= 11 is 1.93. The number of hydrogen-bond donors (Lipinski definition) is 0. The number of thiophene rings is 1. The van der Waals surface area contributed by atoms with E-state index >= 15 is 0 Å². The van der Waals surface area contributed by atoms with Crippen molar-refractivity contribution in [2.75, 3.05) is 0 Å². The second kappa shape index (κ2) is 6.21. The Morgan fingerprint density at radius 3 is 1.78 bits per heavy atom. The Morgan fingerprint density at radius 1 is 0.630 bits per heavy atom. The molecular weight excluding hydrogens is 344 g/mol. The Bertz CT molecular complexity index is 1300. The van der Waals surface area contributed by atoms with E-state index in [0.29, 0.717) is 5.92 Å². The highest BCUT2D eigenvalue weighted by atomic mass is 32.1. The molecule has 0 nitrogen and oxygen atoms in total. The van der Waals surface area contributed by atoms with Crippen molar-refractivity contribution in [1.29, 1.82) is 0 Å². The van der Waals surface area contributed by atoms with E-state index in [-0.39, 0.29) is 0 Å². The molecule has 0 aliphatic rings. The van der Waals surface area contributed by atoms with Crippen LogP contribution in [-0.4, -0.2) is 0 Å². The van der Waals surface area contributed by atoms with Crippen LogP contribution >= 0.6 is 11.3 Å². The van der Waals surface area contributed by atoms with Crippen molar-refractivity contribution in [3.8, 4) is 10.4 Å². The van der Waals surface area contributed by atoms with E-state index in [2.05, 4.69) is 93.6 Å². The molecule has 0 amide bonds. The summed E-state index contributed by atoms with van der Waals surface area (Å²) in [4.78, 5) is 1.42. The molecular formula is C26H22S. The summed E-state index contributed by atoms with van der Waals surface area (Å²) in [5.41, 5.74) is 4.30. The number of hydrogen-bond acceptors (Lipinski definition) is 1. The van der Waals surface area contributed by atoms with Gasteiger partial charge in [-0.2, -0.15) is 0 Å². The average molecular weight is 367 g/mol. The van der Waals surface area contributed by atoms with Gasteiger partial charge in [-0.25, -0.2) is 0 Å². The zero-order chi connectivity index (χ0) is 18.5. The molecule has 0 saturated heterocycles. The number of benzene rings is 4. The van der Waals surface area contributed by atoms with Gasteiger partial charge in [-0.1, -0.05) is 80.6 Å². The Labute approximate surface area is 164 Å². The normalized spacial score (nSPS) is 11.9. The van der Waals surface area contributed by atoms with Crippen LogP contribution in [0.25, 0.3) is 42.1 Å².